The molecule has 0 aliphatic rings. The highest BCUT2D eigenvalue weighted by molar-refractivity contribution is 5.83. The second-order valence-electron chi connectivity index (χ2n) is 9.68. The van der Waals surface area contributed by atoms with Crippen LogP contribution in [0.3, 0.4) is 0 Å². The fourth-order valence-electron chi connectivity index (χ4n) is 4.98. The number of nitrogens with one attached hydrogen (secondary N) is 1. The Balaban J connectivity index is 1.52. The van der Waals surface area contributed by atoms with Gasteiger partial charge < -0.3 is 4.98 Å². The summed E-state index contributed by atoms with van der Waals surface area (Å²) in [4.78, 5) is 22.8. The molecule has 8 nitrogen and oxygen atoms in total. The van der Waals surface area contributed by atoms with Crippen molar-refractivity contribution in [1.29, 1.82) is 0 Å². The van der Waals surface area contributed by atoms with Crippen LogP contribution in [0.5, 0.6) is 0 Å². The average Bonchev–Trinajstić information content (AvgIpc) is 3.35. The Hall–Kier alpha value is -4.24. The van der Waals surface area contributed by atoms with Crippen molar-refractivity contribution in [3.05, 3.63) is 117 Å². The fourth-order valence-corrected chi connectivity index (χ4v) is 4.98. The average molecular weight is 512 g/mol. The van der Waals surface area contributed by atoms with E-state index in [1.807, 2.05) is 37.4 Å². The van der Waals surface area contributed by atoms with Crippen LogP contribution in [0.2, 0.25) is 0 Å². The molecule has 0 fully saturated rings. The van der Waals surface area contributed by atoms with Crippen molar-refractivity contribution in [2.75, 3.05) is 0 Å². The van der Waals surface area contributed by atoms with E-state index in [1.165, 1.54) is 12.1 Å². The van der Waals surface area contributed by atoms with Crippen LogP contribution < -0.4 is 5.56 Å². The van der Waals surface area contributed by atoms with Crippen molar-refractivity contribution in [3.8, 4) is 0 Å². The number of aromatic nitrogens is 6. The minimum Gasteiger partial charge on any atom is -0.322 e. The van der Waals surface area contributed by atoms with E-state index in [2.05, 4.69) is 50.3 Å². The van der Waals surface area contributed by atoms with Crippen LogP contribution in [-0.2, 0) is 19.6 Å². The highest BCUT2D eigenvalue weighted by Gasteiger charge is 2.26. The van der Waals surface area contributed by atoms with Gasteiger partial charge in [-0.15, -0.1) is 5.10 Å². The van der Waals surface area contributed by atoms with E-state index in [0.717, 1.165) is 33.2 Å². The number of aromatic amines is 1. The number of hydrogen-bond acceptors (Lipinski definition) is 6. The number of H-pyrrole nitrogens is 1. The number of nitrogens with zero attached hydrogens (tertiary/aromatic N) is 6. The molecule has 38 heavy (non-hydrogen) atoms. The number of benzene rings is 2. The predicted molar refractivity (Wildman–Crippen MR) is 144 cm³/mol. The Morgan fingerprint density at radius 3 is 2.61 bits per heavy atom. The number of fused-ring (bicyclic) bond motifs is 1. The van der Waals surface area contributed by atoms with Gasteiger partial charge in [-0.3, -0.25) is 14.7 Å². The van der Waals surface area contributed by atoms with Gasteiger partial charge >= 0.3 is 0 Å². The van der Waals surface area contributed by atoms with E-state index in [0.29, 0.717) is 37.4 Å². The lowest BCUT2D eigenvalue weighted by Crippen LogP contribution is -2.32. The summed E-state index contributed by atoms with van der Waals surface area (Å²) in [5.41, 5.74) is 5.54. The maximum absolute atomic E-state index is 13.4. The molecule has 2 aromatic carbocycles. The summed E-state index contributed by atoms with van der Waals surface area (Å²) in [6.45, 7) is 7.53. The van der Waals surface area contributed by atoms with Gasteiger partial charge in [0.15, 0.2) is 5.82 Å². The molecule has 3 heterocycles. The smallest absolute Gasteiger partial charge is 0.252 e. The van der Waals surface area contributed by atoms with Crippen LogP contribution in [0, 0.1) is 19.7 Å². The molecule has 5 aromatic rings. The lowest BCUT2D eigenvalue weighted by molar-refractivity contribution is 0.161. The highest BCUT2D eigenvalue weighted by Crippen LogP contribution is 2.27. The van der Waals surface area contributed by atoms with Crippen LogP contribution >= 0.6 is 0 Å². The molecule has 0 bridgehead atoms. The topological polar surface area (TPSA) is 92.6 Å². The summed E-state index contributed by atoms with van der Waals surface area (Å²) in [6, 6.07) is 16.2. The normalized spacial score (nSPS) is 12.3. The van der Waals surface area contributed by atoms with Gasteiger partial charge in [-0.1, -0.05) is 31.2 Å². The zero-order valence-electron chi connectivity index (χ0n) is 21.7. The van der Waals surface area contributed by atoms with Gasteiger partial charge in [0.2, 0.25) is 0 Å². The first kappa shape index (κ1) is 25.4. The van der Waals surface area contributed by atoms with Gasteiger partial charge in [0, 0.05) is 41.9 Å². The maximum atomic E-state index is 13.4. The number of tetrazole rings is 1. The molecule has 0 saturated heterocycles. The molecule has 0 amide bonds. The number of pyridine rings is 2. The van der Waals surface area contributed by atoms with E-state index in [9.17, 15) is 9.18 Å². The Morgan fingerprint density at radius 1 is 1.05 bits per heavy atom. The van der Waals surface area contributed by atoms with Crippen LogP contribution in [0.4, 0.5) is 4.39 Å². The van der Waals surface area contributed by atoms with Crippen molar-refractivity contribution >= 4 is 10.9 Å². The van der Waals surface area contributed by atoms with E-state index in [4.69, 9.17) is 0 Å². The second-order valence-corrected chi connectivity index (χ2v) is 9.68. The van der Waals surface area contributed by atoms with E-state index in [-0.39, 0.29) is 17.4 Å². The number of rotatable bonds is 9. The van der Waals surface area contributed by atoms with E-state index >= 15 is 0 Å². The minimum atomic E-state index is -0.286. The molecule has 194 valence electrons. The molecule has 1 atom stereocenters. The molecular weight excluding hydrogens is 481 g/mol. The van der Waals surface area contributed by atoms with Gasteiger partial charge in [-0.25, -0.2) is 9.07 Å². The molecule has 0 radical (unpaired) electrons. The Morgan fingerprint density at radius 2 is 1.87 bits per heavy atom. The summed E-state index contributed by atoms with van der Waals surface area (Å²) in [5.74, 6) is 0.399. The summed E-state index contributed by atoms with van der Waals surface area (Å²) in [7, 11) is 0. The summed E-state index contributed by atoms with van der Waals surface area (Å²) in [6.07, 6.45) is 4.29. The zero-order chi connectivity index (χ0) is 26.6. The minimum absolute atomic E-state index is 0.112. The lowest BCUT2D eigenvalue weighted by atomic mass is 10.0. The molecule has 1 N–H and O–H groups in total. The third kappa shape index (κ3) is 5.52. The van der Waals surface area contributed by atoms with Crippen molar-refractivity contribution < 1.29 is 4.39 Å². The predicted octanol–water partition coefficient (Wildman–Crippen LogP) is 4.87. The van der Waals surface area contributed by atoms with E-state index in [1.54, 1.807) is 23.0 Å². The summed E-state index contributed by atoms with van der Waals surface area (Å²) in [5, 5.41) is 13.6. The summed E-state index contributed by atoms with van der Waals surface area (Å²) < 4.78 is 15.2. The Bertz CT molecular complexity index is 1600. The van der Waals surface area contributed by atoms with Crippen molar-refractivity contribution in [2.24, 2.45) is 0 Å². The number of hydrogen-bond donors (Lipinski definition) is 1. The second kappa shape index (κ2) is 11.0. The van der Waals surface area contributed by atoms with Crippen molar-refractivity contribution in [1.82, 2.24) is 35.1 Å². The number of halogens is 1. The molecule has 3 aromatic heterocycles. The molecule has 0 saturated carbocycles. The quantitative estimate of drug-likeness (QED) is 0.304. The molecule has 0 unspecified atom stereocenters. The SMILES string of the molecule is CC[C@@H](c1nnnn1Cc1ccc(F)cc1)N(Cc1cccnc1)Cc1cc2c(C)cc(C)cc2[nH]c1=O. The highest BCUT2D eigenvalue weighted by atomic mass is 19.1. The maximum Gasteiger partial charge on any atom is 0.252 e. The van der Waals surface area contributed by atoms with E-state index < -0.39 is 0 Å². The van der Waals surface area contributed by atoms with Crippen LogP contribution in [0.1, 0.15) is 53.0 Å². The van der Waals surface area contributed by atoms with Gasteiger partial charge in [0.25, 0.3) is 5.56 Å². The Kier molecular flexibility index (Phi) is 7.37. The first-order chi connectivity index (χ1) is 18.4. The Labute approximate surface area is 220 Å². The fraction of sp³-hybridized carbons (Fsp3) is 0.276. The standard InChI is InChI=1S/C29H30FN7O/c1-4-27(28-33-34-35-37(28)17-21-7-9-24(30)10-8-21)36(16-22-6-5-11-31-15-22)18-23-14-25-20(3)12-19(2)13-26(25)32-29(23)38/h5-15,27H,4,16-18H2,1-3H3,(H,32,38)/t27-/m0/s1. The zero-order valence-corrected chi connectivity index (χ0v) is 21.7. The van der Waals surface area contributed by atoms with Gasteiger partial charge in [-0.05, 0) is 83.3 Å². The van der Waals surface area contributed by atoms with Crippen molar-refractivity contribution in [3.63, 3.8) is 0 Å². The number of aryl methyl sites for hydroxylation is 2. The third-order valence-corrected chi connectivity index (χ3v) is 6.80. The molecule has 0 aliphatic carbocycles. The monoisotopic (exact) mass is 511 g/mol. The molecule has 0 spiro atoms. The summed E-state index contributed by atoms with van der Waals surface area (Å²) >= 11 is 0. The largest absolute Gasteiger partial charge is 0.322 e. The first-order valence-electron chi connectivity index (χ1n) is 12.7. The van der Waals surface area contributed by atoms with Crippen molar-refractivity contribution in [2.45, 2.75) is 52.9 Å². The lowest BCUT2D eigenvalue weighted by Gasteiger charge is -2.30. The van der Waals surface area contributed by atoms with Crippen LogP contribution in [0.15, 0.2) is 71.8 Å². The molecular formula is C29H30FN7O. The van der Waals surface area contributed by atoms with Gasteiger partial charge in [0.05, 0.1) is 12.6 Å². The van der Waals surface area contributed by atoms with Gasteiger partial charge in [0.1, 0.15) is 5.82 Å². The first-order valence-corrected chi connectivity index (χ1v) is 12.7. The molecule has 0 aliphatic heterocycles. The molecule has 9 heteroatoms. The van der Waals surface area contributed by atoms with Crippen LogP contribution in [0.25, 0.3) is 10.9 Å². The third-order valence-electron chi connectivity index (χ3n) is 6.80. The van der Waals surface area contributed by atoms with Gasteiger partial charge in [-0.2, -0.15) is 0 Å². The molecule has 5 rings (SSSR count). The van der Waals surface area contributed by atoms with Crippen LogP contribution in [-0.4, -0.2) is 35.1 Å².